The highest BCUT2D eigenvalue weighted by molar-refractivity contribution is 7.80. The van der Waals surface area contributed by atoms with Crippen LogP contribution in [0.4, 0.5) is 4.39 Å². The lowest BCUT2D eigenvalue weighted by molar-refractivity contribution is -0.139. The third-order valence-electron chi connectivity index (χ3n) is 5.25. The van der Waals surface area contributed by atoms with E-state index in [9.17, 15) is 14.0 Å². The maximum Gasteiger partial charge on any atom is 0.305 e. The van der Waals surface area contributed by atoms with E-state index >= 15 is 0 Å². The van der Waals surface area contributed by atoms with E-state index in [1.165, 1.54) is 0 Å². The predicted molar refractivity (Wildman–Crippen MR) is 129 cm³/mol. The Kier molecular flexibility index (Phi) is 8.61. The van der Waals surface area contributed by atoms with Gasteiger partial charge in [-0.1, -0.05) is 6.08 Å². The minimum Gasteiger partial charge on any atom is -0.481 e. The summed E-state index contributed by atoms with van der Waals surface area (Å²) in [5.74, 6) is -0.845. The quantitative estimate of drug-likeness (QED) is 0.240. The van der Waals surface area contributed by atoms with Crippen LogP contribution in [0.3, 0.4) is 0 Å². The molecule has 0 spiro atoms. The van der Waals surface area contributed by atoms with E-state index in [2.05, 4.69) is 27.6 Å². The number of nitrogens with one attached hydrogen (secondary N) is 2. The standard InChI is InChI=1S/C16H12FN3OS.C7H15NO4/c17-11-2-1-3-12-9(11)7-10(16(21)20-12)15-18-13-5-4-8(22)6-14(13)19-15;8-2-1-5(9)3-6(10)4-7(11)12/h3-7,22H,1-2H2,(H,18,19)(H,20,21);5-6,9-10H,1-4,8H2,(H,11,12). The van der Waals surface area contributed by atoms with Gasteiger partial charge in [-0.25, -0.2) is 9.37 Å². The van der Waals surface area contributed by atoms with Gasteiger partial charge in [-0.3, -0.25) is 9.59 Å². The Balaban J connectivity index is 0.000000232. The number of thiol groups is 1. The smallest absolute Gasteiger partial charge is 0.305 e. The van der Waals surface area contributed by atoms with E-state index in [1.807, 2.05) is 24.3 Å². The van der Waals surface area contributed by atoms with Crippen LogP contribution >= 0.6 is 12.6 Å². The number of halogens is 1. The minimum atomic E-state index is -1.07. The van der Waals surface area contributed by atoms with Crippen LogP contribution in [0.15, 0.2) is 34.0 Å². The van der Waals surface area contributed by atoms with Gasteiger partial charge >= 0.3 is 5.97 Å². The monoisotopic (exact) mass is 490 g/mol. The number of benzene rings is 1. The average Bonchev–Trinajstić information content (AvgIpc) is 3.16. The van der Waals surface area contributed by atoms with Gasteiger partial charge in [-0.15, -0.1) is 12.6 Å². The number of imidazole rings is 1. The van der Waals surface area contributed by atoms with Crippen molar-refractivity contribution in [2.75, 3.05) is 6.54 Å². The fourth-order valence-corrected chi connectivity index (χ4v) is 3.82. The molecule has 7 N–H and O–H groups in total. The first kappa shape index (κ1) is 25.6. The molecule has 2 aromatic heterocycles. The Hall–Kier alpha value is -2.99. The van der Waals surface area contributed by atoms with Crippen molar-refractivity contribution in [2.45, 2.75) is 49.2 Å². The summed E-state index contributed by atoms with van der Waals surface area (Å²) in [5, 5.41) is 27.4. The normalized spacial score (nSPS) is 14.6. The summed E-state index contributed by atoms with van der Waals surface area (Å²) in [4.78, 5) is 33.4. The number of aliphatic carboxylic acids is 1. The lowest BCUT2D eigenvalue weighted by Gasteiger charge is -2.12. The molecule has 9 nitrogen and oxygen atoms in total. The van der Waals surface area contributed by atoms with Crippen LogP contribution in [0, 0.1) is 0 Å². The van der Waals surface area contributed by atoms with Gasteiger partial charge < -0.3 is 31.0 Å². The molecule has 0 amide bonds. The second-order valence-electron chi connectivity index (χ2n) is 7.99. The summed E-state index contributed by atoms with van der Waals surface area (Å²) in [6.45, 7) is 0.334. The van der Waals surface area contributed by atoms with Crippen molar-refractivity contribution in [1.82, 2.24) is 15.0 Å². The van der Waals surface area contributed by atoms with Crippen molar-refractivity contribution in [3.8, 4) is 11.4 Å². The molecule has 11 heteroatoms. The number of pyridine rings is 1. The molecule has 3 aromatic rings. The number of aliphatic hydroxyl groups is 2. The average molecular weight is 491 g/mol. The summed E-state index contributed by atoms with van der Waals surface area (Å²) in [6.07, 6.45) is 1.25. The third-order valence-corrected chi connectivity index (χ3v) is 5.53. The molecule has 0 saturated heterocycles. The Bertz CT molecular complexity index is 1350. The first-order chi connectivity index (χ1) is 16.2. The summed E-state index contributed by atoms with van der Waals surface area (Å²) >= 11 is 4.28. The molecule has 1 aliphatic carbocycles. The van der Waals surface area contributed by atoms with E-state index in [4.69, 9.17) is 21.1 Å². The van der Waals surface area contributed by atoms with E-state index in [-0.39, 0.29) is 24.2 Å². The van der Waals surface area contributed by atoms with Crippen molar-refractivity contribution >= 4 is 41.5 Å². The first-order valence-corrected chi connectivity index (χ1v) is 11.2. The number of carbonyl (C=O) groups is 1. The van der Waals surface area contributed by atoms with Crippen LogP contribution < -0.4 is 21.9 Å². The van der Waals surface area contributed by atoms with E-state index in [0.29, 0.717) is 47.8 Å². The van der Waals surface area contributed by atoms with E-state index in [0.717, 1.165) is 15.9 Å². The third kappa shape index (κ3) is 6.54. The van der Waals surface area contributed by atoms with Gasteiger partial charge in [0.05, 0.1) is 35.2 Å². The van der Waals surface area contributed by atoms with Crippen molar-refractivity contribution in [2.24, 2.45) is 5.73 Å². The molecule has 2 heterocycles. The lowest BCUT2D eigenvalue weighted by atomic mass is 10.1. The Morgan fingerprint density at radius 3 is 2.71 bits per heavy atom. The van der Waals surface area contributed by atoms with Crippen LogP contribution in [0.25, 0.3) is 34.3 Å². The molecule has 2 unspecified atom stereocenters. The highest BCUT2D eigenvalue weighted by Crippen LogP contribution is 2.20. The highest BCUT2D eigenvalue weighted by atomic mass is 32.1. The van der Waals surface area contributed by atoms with Gasteiger partial charge in [0.2, 0.25) is 0 Å². The molecule has 182 valence electrons. The largest absolute Gasteiger partial charge is 0.481 e. The van der Waals surface area contributed by atoms with Crippen molar-refractivity contribution in [1.29, 1.82) is 0 Å². The number of nitrogens with two attached hydrogens (primary N) is 1. The molecule has 0 bridgehead atoms. The molecule has 0 saturated carbocycles. The fraction of sp³-hybridized carbons (Fsp3) is 0.348. The van der Waals surface area contributed by atoms with Crippen LogP contribution in [0.2, 0.25) is 0 Å². The van der Waals surface area contributed by atoms with Crippen LogP contribution in [0.5, 0.6) is 0 Å². The number of aromatic amines is 2. The van der Waals surface area contributed by atoms with Gasteiger partial charge in [0.1, 0.15) is 11.7 Å². The van der Waals surface area contributed by atoms with Gasteiger partial charge in [0, 0.05) is 21.9 Å². The van der Waals surface area contributed by atoms with E-state index < -0.39 is 18.2 Å². The SMILES string of the molecule is NCCC(O)CC(O)CC(=O)O.O=c1[nH]c2c(cc1-c1nc3ccc(S)cc3[nH]1)=C(F)CCC=2. The molecule has 1 aromatic carbocycles. The van der Waals surface area contributed by atoms with Gasteiger partial charge in [-0.05, 0) is 50.1 Å². The summed E-state index contributed by atoms with van der Waals surface area (Å²) in [6, 6.07) is 7.06. The molecule has 2 atom stereocenters. The number of carboxylic acid groups (broad SMARTS) is 1. The Labute approximate surface area is 199 Å². The Morgan fingerprint density at radius 2 is 2.00 bits per heavy atom. The van der Waals surface area contributed by atoms with Crippen LogP contribution in [-0.2, 0) is 4.79 Å². The van der Waals surface area contributed by atoms with Crippen molar-refractivity contribution in [3.05, 3.63) is 45.2 Å². The van der Waals surface area contributed by atoms with Crippen molar-refractivity contribution in [3.63, 3.8) is 0 Å². The summed E-state index contributed by atoms with van der Waals surface area (Å²) < 4.78 is 14.0. The molecule has 1 aliphatic rings. The number of aliphatic hydroxyl groups excluding tert-OH is 2. The topological polar surface area (TPSA) is 165 Å². The number of aromatic nitrogens is 3. The number of nitrogens with zero attached hydrogens (tertiary/aromatic N) is 1. The molecule has 4 rings (SSSR count). The number of H-pyrrole nitrogens is 2. The number of rotatable bonds is 7. The number of hydrogen-bond acceptors (Lipinski definition) is 7. The van der Waals surface area contributed by atoms with Crippen LogP contribution in [0.1, 0.15) is 32.1 Å². The first-order valence-electron chi connectivity index (χ1n) is 10.8. The molecular weight excluding hydrogens is 463 g/mol. The van der Waals surface area contributed by atoms with Gasteiger partial charge in [0.15, 0.2) is 0 Å². The lowest BCUT2D eigenvalue weighted by Crippen LogP contribution is -2.37. The van der Waals surface area contributed by atoms with Gasteiger partial charge in [-0.2, -0.15) is 0 Å². The zero-order chi connectivity index (χ0) is 24.8. The maximum atomic E-state index is 14.0. The van der Waals surface area contributed by atoms with Crippen molar-refractivity contribution < 1.29 is 24.5 Å². The molecular formula is C23H27FN4O5S. The highest BCUT2D eigenvalue weighted by Gasteiger charge is 2.14. The zero-order valence-electron chi connectivity index (χ0n) is 18.3. The second kappa shape index (κ2) is 11.4. The maximum absolute atomic E-state index is 14.0. The molecule has 34 heavy (non-hydrogen) atoms. The number of carboxylic acids is 1. The summed E-state index contributed by atoms with van der Waals surface area (Å²) in [7, 11) is 0. The van der Waals surface area contributed by atoms with Gasteiger partial charge in [0.25, 0.3) is 5.56 Å². The summed E-state index contributed by atoms with van der Waals surface area (Å²) in [5.41, 5.74) is 6.72. The molecule has 0 fully saturated rings. The minimum absolute atomic E-state index is 0.0729. The fourth-order valence-electron chi connectivity index (χ4n) is 3.62. The predicted octanol–water partition coefficient (Wildman–Crippen LogP) is 0.781. The molecule has 0 radical (unpaired) electrons. The zero-order valence-corrected chi connectivity index (χ0v) is 19.2. The number of hydrogen-bond donors (Lipinski definition) is 7. The van der Waals surface area contributed by atoms with Crippen LogP contribution in [-0.4, -0.2) is 55.0 Å². The van der Waals surface area contributed by atoms with E-state index in [1.54, 1.807) is 6.07 Å². The second-order valence-corrected chi connectivity index (χ2v) is 8.51. The Morgan fingerprint density at radius 1 is 1.24 bits per heavy atom. The number of fused-ring (bicyclic) bond motifs is 2. The molecule has 0 aliphatic heterocycles.